The number of anilines is 3. The largest absolute Gasteiger partial charge is 0.495 e. The second-order valence-electron chi connectivity index (χ2n) is 13.7. The smallest absolute Gasteiger partial charge is 0.247 e. The van der Waals surface area contributed by atoms with Crippen molar-refractivity contribution in [2.75, 3.05) is 62.6 Å². The molecule has 50 heavy (non-hydrogen) atoms. The molecule has 9 nitrogen and oxygen atoms in total. The number of alkyl halides is 1. The van der Waals surface area contributed by atoms with Crippen LogP contribution in [0.2, 0.25) is 0 Å². The molecule has 2 aromatic rings. The number of hydrogen-bond acceptors (Lipinski definition) is 8. The number of amides is 1. The maximum atomic E-state index is 13.3. The molecule has 0 aliphatic carbocycles. The molecule has 1 aliphatic rings. The van der Waals surface area contributed by atoms with E-state index in [1.807, 2.05) is 36.4 Å². The molecule has 1 saturated heterocycles. The van der Waals surface area contributed by atoms with Gasteiger partial charge in [0.05, 0.1) is 41.1 Å². The number of benzene rings is 2. The van der Waals surface area contributed by atoms with Gasteiger partial charge in [-0.15, -0.1) is 11.6 Å². The molecular weight excluding hydrogens is 667 g/mol. The predicted molar refractivity (Wildman–Crippen MR) is 214 cm³/mol. The van der Waals surface area contributed by atoms with Crippen LogP contribution in [0, 0.1) is 11.8 Å². The maximum Gasteiger partial charge on any atom is 0.247 e. The summed E-state index contributed by atoms with van der Waals surface area (Å²) in [6.45, 7) is 20.9. The van der Waals surface area contributed by atoms with Crippen molar-refractivity contribution >= 4 is 47.0 Å². The molecule has 0 aromatic heterocycles. The van der Waals surface area contributed by atoms with Crippen molar-refractivity contribution in [2.45, 2.75) is 96.5 Å². The number of unbranched alkanes of at least 4 members (excludes halogenated alkanes) is 5. The van der Waals surface area contributed by atoms with Crippen molar-refractivity contribution in [1.82, 2.24) is 15.1 Å². The van der Waals surface area contributed by atoms with E-state index in [-0.39, 0.29) is 29.3 Å². The third-order valence-electron chi connectivity index (χ3n) is 9.23. The van der Waals surface area contributed by atoms with Gasteiger partial charge >= 0.3 is 0 Å². The topological polar surface area (TPSA) is 98.0 Å². The van der Waals surface area contributed by atoms with E-state index in [2.05, 4.69) is 84.1 Å². The summed E-state index contributed by atoms with van der Waals surface area (Å²) >= 11 is 7.07. The summed E-state index contributed by atoms with van der Waals surface area (Å²) in [5, 5.41) is 14.4. The lowest BCUT2D eigenvalue weighted by Crippen LogP contribution is -2.66. The van der Waals surface area contributed by atoms with Crippen LogP contribution in [-0.4, -0.2) is 85.7 Å². The summed E-state index contributed by atoms with van der Waals surface area (Å²) in [5.41, 5.74) is 2.33. The van der Waals surface area contributed by atoms with E-state index in [0.717, 1.165) is 43.5 Å². The first-order chi connectivity index (χ1) is 23.8. The summed E-state index contributed by atoms with van der Waals surface area (Å²) in [5.74, 6) is 7.01. The fourth-order valence-corrected chi connectivity index (χ4v) is 7.87. The van der Waals surface area contributed by atoms with Crippen LogP contribution in [0.5, 0.6) is 5.75 Å². The Morgan fingerprint density at radius 3 is 2.40 bits per heavy atom. The third-order valence-corrected chi connectivity index (χ3v) is 11.2. The van der Waals surface area contributed by atoms with E-state index in [9.17, 15) is 9.36 Å². The fourth-order valence-electron chi connectivity index (χ4n) is 6.41. The van der Waals surface area contributed by atoms with Crippen LogP contribution in [0.1, 0.15) is 78.7 Å². The number of hydrogen-bond donors (Lipinski definition) is 4. The van der Waals surface area contributed by atoms with Crippen LogP contribution < -0.4 is 31.3 Å². The lowest BCUT2D eigenvalue weighted by Gasteiger charge is -2.46. The van der Waals surface area contributed by atoms with Gasteiger partial charge in [-0.2, -0.15) is 0 Å². The number of ether oxygens (including phenoxy) is 1. The number of rotatable bonds is 18. The van der Waals surface area contributed by atoms with Gasteiger partial charge in [0.1, 0.15) is 19.2 Å². The molecule has 11 heteroatoms. The number of carbonyl (C=O) groups excluding carboxylic acids is 1. The second-order valence-corrected chi connectivity index (χ2v) is 17.5. The first kappa shape index (κ1) is 41.4. The van der Waals surface area contributed by atoms with Crippen molar-refractivity contribution in [1.29, 1.82) is 0 Å². The molecule has 2 aromatic carbocycles. The summed E-state index contributed by atoms with van der Waals surface area (Å²) in [6.07, 6.45) is 7.59. The Morgan fingerprint density at radius 2 is 1.76 bits per heavy atom. The summed E-state index contributed by atoms with van der Waals surface area (Å²) in [7, 11) is -0.928. The average molecular weight is 727 g/mol. The van der Waals surface area contributed by atoms with Crippen LogP contribution >= 0.6 is 18.7 Å². The number of para-hydroxylation sites is 1. The number of nitrogens with zero attached hydrogens (tertiary/aromatic N) is 2. The van der Waals surface area contributed by atoms with Crippen LogP contribution in [0.25, 0.3) is 0 Å². The van der Waals surface area contributed by atoms with Crippen molar-refractivity contribution in [3.05, 3.63) is 54.6 Å². The number of halogens is 1. The van der Waals surface area contributed by atoms with Gasteiger partial charge < -0.3 is 25.3 Å². The highest BCUT2D eigenvalue weighted by Gasteiger charge is 2.37. The minimum atomic E-state index is -2.56. The van der Waals surface area contributed by atoms with Gasteiger partial charge in [0.15, 0.2) is 0 Å². The zero-order chi connectivity index (χ0) is 36.9. The highest BCUT2D eigenvalue weighted by molar-refractivity contribution is 7.70. The molecule has 0 saturated carbocycles. The molecule has 3 rings (SSSR count). The average Bonchev–Trinajstić information content (AvgIpc) is 3.08. The van der Waals surface area contributed by atoms with E-state index in [0.29, 0.717) is 29.2 Å². The highest BCUT2D eigenvalue weighted by atomic mass is 35.5. The molecule has 1 heterocycles. The molecule has 1 fully saturated rings. The molecule has 0 radical (unpaired) electrons. The molecule has 1 aliphatic heterocycles. The van der Waals surface area contributed by atoms with Gasteiger partial charge in [-0.05, 0) is 71.0 Å². The predicted octanol–water partition coefficient (Wildman–Crippen LogP) is 7.55. The van der Waals surface area contributed by atoms with E-state index < -0.39 is 7.14 Å². The van der Waals surface area contributed by atoms with E-state index in [1.54, 1.807) is 20.4 Å². The minimum absolute atomic E-state index is 0.267. The van der Waals surface area contributed by atoms with Gasteiger partial charge in [0.2, 0.25) is 5.91 Å². The molecule has 1 amide bonds. The third kappa shape index (κ3) is 11.5. The second kappa shape index (κ2) is 19.6. The van der Waals surface area contributed by atoms with Crippen LogP contribution in [0.15, 0.2) is 49.1 Å². The van der Waals surface area contributed by atoms with E-state index in [1.165, 1.54) is 31.8 Å². The summed E-state index contributed by atoms with van der Waals surface area (Å²) < 4.78 is 19.2. The Morgan fingerprint density at radius 1 is 1.08 bits per heavy atom. The van der Waals surface area contributed by atoms with Gasteiger partial charge in [-0.3, -0.25) is 15.0 Å². The first-order valence-electron chi connectivity index (χ1n) is 18.0. The fraction of sp³-hybridized carbons (Fsp3) is 0.564. The van der Waals surface area contributed by atoms with Crippen molar-refractivity contribution in [3.63, 3.8) is 0 Å². The Labute approximate surface area is 306 Å². The molecular formula is C39H60ClN6O3P. The standard InChI is InChI=1S/C39H60ClN6O3P/c1-10-14-15-16-17-20-25-46-37(43-31-21-18-19-22-35(31)50(8,9)48)30(40)28-41-38(46)44-33-27-32(42-36(47)11-2)29(26-34(33)49-7)23-24-39(5,6)45(12-3)13-4/h11,18-19,21-22,26-27,30,37-38,41,43-44H,2,10,12-17,20,25,28H2,1,3-9H3,(H,42,47). The number of methoxy groups -OCH3 is 1. The Balaban J connectivity index is 2.04. The maximum absolute atomic E-state index is 13.3. The van der Waals surface area contributed by atoms with Gasteiger partial charge in [-0.1, -0.05) is 83.4 Å². The lowest BCUT2D eigenvalue weighted by molar-refractivity contribution is -0.111. The molecule has 276 valence electrons. The summed E-state index contributed by atoms with van der Waals surface area (Å²) in [4.78, 5) is 17.2. The van der Waals surface area contributed by atoms with Crippen molar-refractivity contribution in [2.24, 2.45) is 0 Å². The molecule has 0 spiro atoms. The first-order valence-corrected chi connectivity index (χ1v) is 21.1. The minimum Gasteiger partial charge on any atom is -0.495 e. The zero-order valence-electron chi connectivity index (χ0n) is 31.5. The molecule has 3 unspecified atom stereocenters. The van der Waals surface area contributed by atoms with E-state index in [4.69, 9.17) is 16.3 Å². The Bertz CT molecular complexity index is 1530. The zero-order valence-corrected chi connectivity index (χ0v) is 33.1. The monoisotopic (exact) mass is 726 g/mol. The van der Waals surface area contributed by atoms with E-state index >= 15 is 0 Å². The highest BCUT2D eigenvalue weighted by Crippen LogP contribution is 2.38. The molecule has 4 N–H and O–H groups in total. The normalized spacial score (nSPS) is 18.2. The van der Waals surface area contributed by atoms with Crippen molar-refractivity contribution < 1.29 is 14.1 Å². The van der Waals surface area contributed by atoms with Gasteiger partial charge in [0, 0.05) is 30.1 Å². The SMILES string of the molecule is C=CC(=O)Nc1cc(NC2NCC(Cl)C(Nc3ccccc3P(C)(C)=O)N2CCCCCCCC)c(OC)cc1C#CC(C)(C)N(CC)CC. The quantitative estimate of drug-likeness (QED) is 0.0412. The molecule has 3 atom stereocenters. The lowest BCUT2D eigenvalue weighted by atomic mass is 10.0. The summed E-state index contributed by atoms with van der Waals surface area (Å²) in [6, 6.07) is 11.5. The Kier molecular flexibility index (Phi) is 16.2. The Hall–Kier alpha value is -2.99. The van der Waals surface area contributed by atoms with Crippen LogP contribution in [0.4, 0.5) is 17.1 Å². The van der Waals surface area contributed by atoms with Gasteiger partial charge in [0.25, 0.3) is 0 Å². The van der Waals surface area contributed by atoms with Crippen molar-refractivity contribution in [3.8, 4) is 17.6 Å². The number of carbonyl (C=O) groups is 1. The van der Waals surface area contributed by atoms with Gasteiger partial charge in [-0.25, -0.2) is 4.90 Å². The van der Waals surface area contributed by atoms with Crippen LogP contribution in [0.3, 0.4) is 0 Å². The number of nitrogens with one attached hydrogen (secondary N) is 4. The molecule has 0 bridgehead atoms. The van der Waals surface area contributed by atoms with Crippen LogP contribution in [-0.2, 0) is 9.36 Å².